The van der Waals surface area contributed by atoms with E-state index >= 15 is 0 Å². The van der Waals surface area contributed by atoms with Gasteiger partial charge in [-0.25, -0.2) is 0 Å². The Bertz CT molecular complexity index is 115. The molecule has 0 aliphatic heterocycles. The monoisotopic (exact) mass is 197 g/mol. The molecule has 2 unspecified atom stereocenters. The lowest BCUT2D eigenvalue weighted by Crippen LogP contribution is -2.04. The summed E-state index contributed by atoms with van der Waals surface area (Å²) in [5, 5.41) is 0. The lowest BCUT2D eigenvalue weighted by Gasteiger charge is -2.16. The summed E-state index contributed by atoms with van der Waals surface area (Å²) in [5.74, 6) is 2.55. The van der Waals surface area contributed by atoms with Gasteiger partial charge in [0.05, 0.1) is 0 Å². The van der Waals surface area contributed by atoms with Gasteiger partial charge in [-0.05, 0) is 37.0 Å². The van der Waals surface area contributed by atoms with Crippen LogP contribution in [0.3, 0.4) is 0 Å². The smallest absolute Gasteiger partial charge is 0.0355 e. The first-order valence-electron chi connectivity index (χ1n) is 6.39. The highest BCUT2D eigenvalue weighted by Crippen LogP contribution is 2.20. The molecule has 1 radical (unpaired) electrons. The van der Waals surface area contributed by atoms with Crippen molar-refractivity contribution in [3.63, 3.8) is 0 Å². The molecule has 0 bridgehead atoms. The highest BCUT2D eigenvalue weighted by Gasteiger charge is 2.08. The van der Waals surface area contributed by atoms with Crippen molar-refractivity contribution in [2.24, 2.45) is 17.8 Å². The average Bonchev–Trinajstić information content (AvgIpc) is 2.10. The summed E-state index contributed by atoms with van der Waals surface area (Å²) in [6.45, 7) is 11.6. The first kappa shape index (κ1) is 14.0. The number of unbranched alkanes of at least 4 members (excludes halogenated alkanes) is 1. The fraction of sp³-hybridized carbons (Fsp3) is 0.929. The third kappa shape index (κ3) is 8.59. The van der Waals surface area contributed by atoms with Gasteiger partial charge >= 0.3 is 0 Å². The Morgan fingerprint density at radius 2 is 1.71 bits per heavy atom. The molecule has 0 N–H and O–H groups in total. The minimum atomic E-state index is 0.824. The average molecular weight is 197 g/mol. The van der Waals surface area contributed by atoms with Crippen LogP contribution in [0.4, 0.5) is 0 Å². The molecular formula is C14H29. The van der Waals surface area contributed by atoms with E-state index in [-0.39, 0.29) is 0 Å². The molecule has 14 heavy (non-hydrogen) atoms. The molecule has 0 amide bonds. The van der Waals surface area contributed by atoms with Gasteiger partial charge in [-0.2, -0.15) is 0 Å². The SMILES string of the molecule is CCCCC(C)[CH]CC(C)CC(C)C. The fourth-order valence-corrected chi connectivity index (χ4v) is 2.01. The highest BCUT2D eigenvalue weighted by molar-refractivity contribution is 4.75. The van der Waals surface area contributed by atoms with E-state index in [0.29, 0.717) is 0 Å². The van der Waals surface area contributed by atoms with Gasteiger partial charge in [0.25, 0.3) is 0 Å². The maximum absolute atomic E-state index is 2.53. The molecule has 0 rings (SSSR count). The summed E-state index contributed by atoms with van der Waals surface area (Å²) < 4.78 is 0. The lowest BCUT2D eigenvalue weighted by atomic mass is 9.90. The normalized spacial score (nSPS) is 15.9. The van der Waals surface area contributed by atoms with Gasteiger partial charge < -0.3 is 0 Å². The molecule has 0 aliphatic carbocycles. The Kier molecular flexibility index (Phi) is 8.32. The standard InChI is InChI=1S/C14H29/c1-6-7-8-13(4)9-10-14(5)11-12(2)3/h9,12-14H,6-8,10-11H2,1-5H3. The van der Waals surface area contributed by atoms with Crippen molar-refractivity contribution < 1.29 is 0 Å². The molecule has 0 aromatic carbocycles. The Morgan fingerprint density at radius 1 is 1.07 bits per heavy atom. The molecule has 0 fully saturated rings. The molecule has 0 aromatic heterocycles. The number of rotatable bonds is 8. The molecule has 0 aromatic rings. The summed E-state index contributed by atoms with van der Waals surface area (Å²) in [7, 11) is 0. The van der Waals surface area contributed by atoms with Crippen LogP contribution in [0.5, 0.6) is 0 Å². The van der Waals surface area contributed by atoms with E-state index < -0.39 is 0 Å². The summed E-state index contributed by atoms with van der Waals surface area (Å²) in [5.41, 5.74) is 0. The topological polar surface area (TPSA) is 0 Å². The summed E-state index contributed by atoms with van der Waals surface area (Å²) in [4.78, 5) is 0. The number of hydrogen-bond donors (Lipinski definition) is 0. The van der Waals surface area contributed by atoms with Gasteiger partial charge in [0, 0.05) is 0 Å². The third-order valence-corrected chi connectivity index (χ3v) is 2.83. The minimum Gasteiger partial charge on any atom is -0.0654 e. The van der Waals surface area contributed by atoms with Crippen LogP contribution < -0.4 is 0 Å². The molecule has 0 spiro atoms. The first-order chi connectivity index (χ1) is 6.56. The van der Waals surface area contributed by atoms with E-state index in [1.54, 1.807) is 0 Å². The second-order valence-electron chi connectivity index (χ2n) is 5.33. The molecular weight excluding hydrogens is 168 g/mol. The highest BCUT2D eigenvalue weighted by atomic mass is 14.1. The van der Waals surface area contributed by atoms with Crippen molar-refractivity contribution in [1.29, 1.82) is 0 Å². The van der Waals surface area contributed by atoms with E-state index in [1.165, 1.54) is 32.1 Å². The van der Waals surface area contributed by atoms with Gasteiger partial charge in [0.1, 0.15) is 0 Å². The van der Waals surface area contributed by atoms with Crippen molar-refractivity contribution in [2.45, 2.75) is 66.7 Å². The second-order valence-corrected chi connectivity index (χ2v) is 5.33. The Labute approximate surface area is 91.5 Å². The zero-order chi connectivity index (χ0) is 11.0. The summed E-state index contributed by atoms with van der Waals surface area (Å²) >= 11 is 0. The lowest BCUT2D eigenvalue weighted by molar-refractivity contribution is 0.413. The summed E-state index contributed by atoms with van der Waals surface area (Å²) in [6, 6.07) is 0. The zero-order valence-electron chi connectivity index (χ0n) is 10.8. The van der Waals surface area contributed by atoms with Gasteiger partial charge in [-0.15, -0.1) is 0 Å². The molecule has 0 heterocycles. The van der Waals surface area contributed by atoms with Crippen LogP contribution in [0.25, 0.3) is 0 Å². The van der Waals surface area contributed by atoms with Crippen LogP contribution in [0, 0.1) is 24.2 Å². The van der Waals surface area contributed by atoms with Crippen LogP contribution in [-0.4, -0.2) is 0 Å². The molecule has 2 atom stereocenters. The third-order valence-electron chi connectivity index (χ3n) is 2.83. The quantitative estimate of drug-likeness (QED) is 0.508. The van der Waals surface area contributed by atoms with Crippen molar-refractivity contribution in [2.75, 3.05) is 0 Å². The Hall–Kier alpha value is 0. The summed E-state index contributed by atoms with van der Waals surface area (Å²) in [6.07, 6.45) is 9.31. The Balaban J connectivity index is 3.40. The predicted molar refractivity (Wildman–Crippen MR) is 66.2 cm³/mol. The zero-order valence-corrected chi connectivity index (χ0v) is 10.8. The van der Waals surface area contributed by atoms with Crippen LogP contribution >= 0.6 is 0 Å². The van der Waals surface area contributed by atoms with E-state index in [2.05, 4.69) is 41.0 Å². The van der Waals surface area contributed by atoms with E-state index in [4.69, 9.17) is 0 Å². The maximum Gasteiger partial charge on any atom is -0.0355 e. The van der Waals surface area contributed by atoms with Gasteiger partial charge in [-0.1, -0.05) is 53.9 Å². The van der Waals surface area contributed by atoms with Gasteiger partial charge in [0.2, 0.25) is 0 Å². The van der Waals surface area contributed by atoms with Crippen molar-refractivity contribution in [3.05, 3.63) is 6.42 Å². The van der Waals surface area contributed by atoms with Crippen molar-refractivity contribution in [1.82, 2.24) is 0 Å². The minimum absolute atomic E-state index is 0.824. The van der Waals surface area contributed by atoms with Crippen LogP contribution in [0.1, 0.15) is 66.7 Å². The van der Waals surface area contributed by atoms with E-state index in [1.807, 2.05) is 0 Å². The van der Waals surface area contributed by atoms with Gasteiger partial charge in [-0.3, -0.25) is 0 Å². The fourth-order valence-electron chi connectivity index (χ4n) is 2.01. The van der Waals surface area contributed by atoms with Crippen LogP contribution in [0.15, 0.2) is 0 Å². The van der Waals surface area contributed by atoms with Crippen molar-refractivity contribution >= 4 is 0 Å². The Morgan fingerprint density at radius 3 is 2.21 bits per heavy atom. The molecule has 85 valence electrons. The number of hydrogen-bond acceptors (Lipinski definition) is 0. The molecule has 0 saturated heterocycles. The van der Waals surface area contributed by atoms with E-state index in [9.17, 15) is 0 Å². The maximum atomic E-state index is 2.53. The van der Waals surface area contributed by atoms with Crippen molar-refractivity contribution in [3.8, 4) is 0 Å². The molecule has 0 saturated carbocycles. The predicted octanol–water partition coefficient (Wildman–Crippen LogP) is 5.09. The van der Waals surface area contributed by atoms with Gasteiger partial charge in [0.15, 0.2) is 0 Å². The molecule has 0 aliphatic rings. The molecule has 0 nitrogen and oxygen atoms in total. The largest absolute Gasteiger partial charge is 0.0654 e. The molecule has 0 heteroatoms. The van der Waals surface area contributed by atoms with Crippen LogP contribution in [-0.2, 0) is 0 Å². The van der Waals surface area contributed by atoms with Crippen LogP contribution in [0.2, 0.25) is 0 Å². The van der Waals surface area contributed by atoms with E-state index in [0.717, 1.165) is 17.8 Å². The second kappa shape index (κ2) is 8.32. The first-order valence-corrected chi connectivity index (χ1v) is 6.39.